The molecule has 0 spiro atoms. The lowest BCUT2D eigenvalue weighted by Crippen LogP contribution is -2.31. The lowest BCUT2D eigenvalue weighted by atomic mass is 10.0. The van der Waals surface area contributed by atoms with Crippen molar-refractivity contribution in [2.45, 2.75) is 19.9 Å². The monoisotopic (exact) mass is 219 g/mol. The van der Waals surface area contributed by atoms with E-state index in [1.165, 1.54) is 6.07 Å². The van der Waals surface area contributed by atoms with Crippen molar-refractivity contribution in [3.63, 3.8) is 0 Å². The summed E-state index contributed by atoms with van der Waals surface area (Å²) in [5.41, 5.74) is 1.83. The molecule has 0 aromatic heterocycles. The van der Waals surface area contributed by atoms with Crippen LogP contribution in [0.3, 0.4) is 0 Å². The molecule has 0 aliphatic heterocycles. The van der Waals surface area contributed by atoms with Gasteiger partial charge in [0.1, 0.15) is 0 Å². The number of benzene rings is 1. The number of rotatable bonds is 1. The quantitative estimate of drug-likeness (QED) is 0.405. The number of hydrogen-bond acceptors (Lipinski definition) is 4. The maximum absolute atomic E-state index is 11.7. The third kappa shape index (κ3) is 1.25. The lowest BCUT2D eigenvalue weighted by Gasteiger charge is -2.01. The Hall–Kier alpha value is -2.04. The second kappa shape index (κ2) is 3.23. The summed E-state index contributed by atoms with van der Waals surface area (Å²) in [5, 5.41) is 10.7. The minimum absolute atomic E-state index is 0.184. The van der Waals surface area contributed by atoms with Gasteiger partial charge in [0, 0.05) is 16.1 Å². The predicted molar refractivity (Wildman–Crippen MR) is 55.4 cm³/mol. The van der Waals surface area contributed by atoms with Crippen LogP contribution in [0.25, 0.3) is 0 Å². The fourth-order valence-corrected chi connectivity index (χ4v) is 2.08. The molecule has 0 radical (unpaired) electrons. The summed E-state index contributed by atoms with van der Waals surface area (Å²) in [5.74, 6) is -1.39. The second-order valence-electron chi connectivity index (χ2n) is 3.92. The van der Waals surface area contributed by atoms with Crippen molar-refractivity contribution >= 4 is 11.6 Å². The van der Waals surface area contributed by atoms with Crippen molar-refractivity contribution in [1.29, 1.82) is 0 Å². The molecular formula is C11H9NO4. The van der Waals surface area contributed by atoms with Gasteiger partial charge in [-0.05, 0) is 25.5 Å². The van der Waals surface area contributed by atoms with Crippen molar-refractivity contribution in [1.82, 2.24) is 0 Å². The number of ketones is 2. The van der Waals surface area contributed by atoms with E-state index in [4.69, 9.17) is 0 Å². The molecule has 0 saturated heterocycles. The molecule has 1 unspecified atom stereocenters. The van der Waals surface area contributed by atoms with Crippen molar-refractivity contribution in [3.8, 4) is 0 Å². The van der Waals surface area contributed by atoms with Crippen LogP contribution in [0.2, 0.25) is 0 Å². The molecule has 0 amide bonds. The molecule has 0 bridgehead atoms. The third-order valence-electron chi connectivity index (χ3n) is 2.70. The molecule has 1 atom stereocenters. The standard InChI is InChI=1S/C11H9NO4/c1-5-3-6(2)8-7(4-5)10(13)9(11(8)14)12(15)16/h3-4,9H,1-2H3. The largest absolute Gasteiger partial charge is 0.336 e. The van der Waals surface area contributed by atoms with Gasteiger partial charge in [0.05, 0.1) is 0 Å². The molecule has 5 nitrogen and oxygen atoms in total. The lowest BCUT2D eigenvalue weighted by molar-refractivity contribution is -0.488. The van der Waals surface area contributed by atoms with E-state index in [9.17, 15) is 19.7 Å². The molecule has 16 heavy (non-hydrogen) atoms. The van der Waals surface area contributed by atoms with Crippen LogP contribution in [-0.2, 0) is 0 Å². The number of Topliss-reactive ketones (excluding diaryl/α,β-unsaturated/α-hetero) is 2. The number of carbonyl (C=O) groups is 2. The minimum Gasteiger partial charge on any atom is -0.286 e. The zero-order chi connectivity index (χ0) is 12.0. The maximum Gasteiger partial charge on any atom is 0.336 e. The number of nitro groups is 1. The zero-order valence-electron chi connectivity index (χ0n) is 8.81. The molecule has 2 rings (SSSR count). The summed E-state index contributed by atoms with van der Waals surface area (Å²) >= 11 is 0. The fourth-order valence-electron chi connectivity index (χ4n) is 2.08. The Labute approximate surface area is 91.2 Å². The Morgan fingerprint density at radius 1 is 1.19 bits per heavy atom. The molecule has 1 aliphatic carbocycles. The van der Waals surface area contributed by atoms with Gasteiger partial charge in [-0.1, -0.05) is 11.6 Å². The van der Waals surface area contributed by atoms with E-state index in [0.29, 0.717) is 5.56 Å². The van der Waals surface area contributed by atoms with Crippen LogP contribution in [0, 0.1) is 24.0 Å². The smallest absolute Gasteiger partial charge is 0.286 e. The molecule has 0 N–H and O–H groups in total. The molecule has 0 fully saturated rings. The first-order chi connectivity index (χ1) is 7.43. The minimum atomic E-state index is -1.74. The van der Waals surface area contributed by atoms with Gasteiger partial charge in [0.15, 0.2) is 0 Å². The summed E-state index contributed by atoms with van der Waals surface area (Å²) in [4.78, 5) is 33.2. The van der Waals surface area contributed by atoms with Gasteiger partial charge < -0.3 is 0 Å². The normalized spacial score (nSPS) is 18.8. The first kappa shape index (κ1) is 10.5. The average Bonchev–Trinajstić information content (AvgIpc) is 2.38. The van der Waals surface area contributed by atoms with Crippen LogP contribution in [0.5, 0.6) is 0 Å². The SMILES string of the molecule is Cc1cc(C)c2c(c1)C(=O)C([N+](=O)[O-])C2=O. The summed E-state index contributed by atoms with van der Waals surface area (Å²) in [6.45, 7) is 3.46. The highest BCUT2D eigenvalue weighted by atomic mass is 16.6. The van der Waals surface area contributed by atoms with Gasteiger partial charge in [-0.2, -0.15) is 0 Å². The highest BCUT2D eigenvalue weighted by molar-refractivity contribution is 6.29. The Morgan fingerprint density at radius 2 is 1.81 bits per heavy atom. The molecule has 1 aromatic rings. The molecule has 1 aliphatic rings. The summed E-state index contributed by atoms with van der Waals surface area (Å²) in [6, 6.07) is 1.54. The first-order valence-electron chi connectivity index (χ1n) is 4.76. The molecule has 0 heterocycles. The number of carbonyl (C=O) groups excluding carboxylic acids is 2. The highest BCUT2D eigenvalue weighted by Crippen LogP contribution is 2.28. The summed E-state index contributed by atoms with van der Waals surface area (Å²) < 4.78 is 0. The van der Waals surface area contributed by atoms with Crippen molar-refractivity contribution in [2.24, 2.45) is 0 Å². The summed E-state index contributed by atoms with van der Waals surface area (Å²) in [7, 11) is 0. The van der Waals surface area contributed by atoms with E-state index in [2.05, 4.69) is 0 Å². The molecule has 1 aromatic carbocycles. The molecule has 82 valence electrons. The number of nitrogens with zero attached hydrogens (tertiary/aromatic N) is 1. The van der Waals surface area contributed by atoms with Gasteiger partial charge in [-0.15, -0.1) is 0 Å². The van der Waals surface area contributed by atoms with Crippen molar-refractivity contribution in [2.75, 3.05) is 0 Å². The molecule has 0 saturated carbocycles. The van der Waals surface area contributed by atoms with Crippen LogP contribution < -0.4 is 0 Å². The molecular weight excluding hydrogens is 210 g/mol. The van der Waals surface area contributed by atoms with Gasteiger partial charge in [-0.3, -0.25) is 19.7 Å². The predicted octanol–water partition coefficient (Wildman–Crippen LogP) is 1.33. The highest BCUT2D eigenvalue weighted by Gasteiger charge is 2.48. The Morgan fingerprint density at radius 3 is 2.38 bits per heavy atom. The number of hydrogen-bond donors (Lipinski definition) is 0. The maximum atomic E-state index is 11.7. The van der Waals surface area contributed by atoms with E-state index in [1.54, 1.807) is 19.9 Å². The number of fused-ring (bicyclic) bond motifs is 1. The van der Waals surface area contributed by atoms with Gasteiger partial charge >= 0.3 is 6.04 Å². The Bertz CT molecular complexity index is 533. The summed E-state index contributed by atoms with van der Waals surface area (Å²) in [6.07, 6.45) is 0. The third-order valence-corrected chi connectivity index (χ3v) is 2.70. The topological polar surface area (TPSA) is 77.3 Å². The van der Waals surface area contributed by atoms with Crippen LogP contribution >= 0.6 is 0 Å². The second-order valence-corrected chi connectivity index (χ2v) is 3.92. The van der Waals surface area contributed by atoms with E-state index < -0.39 is 22.5 Å². The van der Waals surface area contributed by atoms with Gasteiger partial charge in [-0.25, -0.2) is 0 Å². The van der Waals surface area contributed by atoms with E-state index >= 15 is 0 Å². The van der Waals surface area contributed by atoms with Gasteiger partial charge in [0.2, 0.25) is 11.6 Å². The number of aryl methyl sites for hydroxylation is 2. The zero-order valence-corrected chi connectivity index (χ0v) is 8.81. The first-order valence-corrected chi connectivity index (χ1v) is 4.76. The van der Waals surface area contributed by atoms with Crippen LogP contribution in [-0.4, -0.2) is 22.5 Å². The van der Waals surface area contributed by atoms with Crippen LogP contribution in [0.15, 0.2) is 12.1 Å². The Kier molecular flexibility index (Phi) is 2.11. The van der Waals surface area contributed by atoms with Crippen LogP contribution in [0.1, 0.15) is 31.8 Å². The van der Waals surface area contributed by atoms with Gasteiger partial charge in [0.25, 0.3) is 0 Å². The van der Waals surface area contributed by atoms with E-state index in [1.807, 2.05) is 0 Å². The van der Waals surface area contributed by atoms with Crippen LogP contribution in [0.4, 0.5) is 0 Å². The van der Waals surface area contributed by atoms with E-state index in [-0.39, 0.29) is 11.1 Å². The molecule has 5 heteroatoms. The fraction of sp³-hybridized carbons (Fsp3) is 0.273. The van der Waals surface area contributed by atoms with Crippen molar-refractivity contribution in [3.05, 3.63) is 44.5 Å². The average molecular weight is 219 g/mol. The Balaban J connectivity index is 2.69. The van der Waals surface area contributed by atoms with Crippen molar-refractivity contribution < 1.29 is 14.5 Å². The van der Waals surface area contributed by atoms with E-state index in [0.717, 1.165) is 5.56 Å².